The van der Waals surface area contributed by atoms with Crippen molar-refractivity contribution in [2.75, 3.05) is 39.3 Å². The molecule has 1 aromatic rings. The summed E-state index contributed by atoms with van der Waals surface area (Å²) in [5, 5.41) is 10.4. The topological polar surface area (TPSA) is 73.2 Å². The second-order valence-electron chi connectivity index (χ2n) is 8.66. The van der Waals surface area contributed by atoms with Gasteiger partial charge in [-0.2, -0.15) is 0 Å². The second kappa shape index (κ2) is 10.0. The molecule has 1 aliphatic carbocycles. The molecule has 2 aliphatic rings. The van der Waals surface area contributed by atoms with Gasteiger partial charge in [0, 0.05) is 57.7 Å². The number of aliphatic hydroxyl groups excluding tert-OH is 1. The molecule has 1 amide bonds. The molecule has 1 atom stereocenters. The van der Waals surface area contributed by atoms with Crippen molar-refractivity contribution in [3.63, 3.8) is 0 Å². The van der Waals surface area contributed by atoms with Crippen LogP contribution in [0.15, 0.2) is 40.6 Å². The number of carbonyl (C=O) groups is 2. The van der Waals surface area contributed by atoms with Crippen molar-refractivity contribution >= 4 is 17.9 Å². The Morgan fingerprint density at radius 3 is 2.43 bits per heavy atom. The molecular weight excluding hydrogens is 378 g/mol. The molecule has 0 aromatic heterocycles. The van der Waals surface area contributed by atoms with E-state index < -0.39 is 0 Å². The van der Waals surface area contributed by atoms with Gasteiger partial charge in [-0.25, -0.2) is 0 Å². The molecule has 1 N–H and O–H groups in total. The SMILES string of the molecule is Cc1ccc(C2CC(=O)C(C=NCCN3CCN(C(=O)C(C)C)CC3)=C(O)C2)cc1. The van der Waals surface area contributed by atoms with Crippen LogP contribution in [0.4, 0.5) is 0 Å². The van der Waals surface area contributed by atoms with Crippen molar-refractivity contribution in [3.05, 3.63) is 46.7 Å². The molecule has 30 heavy (non-hydrogen) atoms. The summed E-state index contributed by atoms with van der Waals surface area (Å²) in [5.41, 5.74) is 2.62. The molecule has 1 aliphatic heterocycles. The lowest BCUT2D eigenvalue weighted by Crippen LogP contribution is -2.50. The summed E-state index contributed by atoms with van der Waals surface area (Å²) in [5.74, 6) is 0.381. The van der Waals surface area contributed by atoms with Crippen LogP contribution in [0.25, 0.3) is 0 Å². The van der Waals surface area contributed by atoms with Gasteiger partial charge >= 0.3 is 0 Å². The predicted molar refractivity (Wildman–Crippen MR) is 119 cm³/mol. The highest BCUT2D eigenvalue weighted by Crippen LogP contribution is 2.33. The van der Waals surface area contributed by atoms with Gasteiger partial charge in [-0.1, -0.05) is 43.7 Å². The third kappa shape index (κ3) is 5.57. The quantitative estimate of drug-likeness (QED) is 0.730. The van der Waals surface area contributed by atoms with Crippen LogP contribution in [0.3, 0.4) is 0 Å². The maximum atomic E-state index is 12.5. The molecule has 6 heteroatoms. The first kappa shape index (κ1) is 22.2. The number of benzene rings is 1. The number of hydrogen-bond acceptors (Lipinski definition) is 5. The van der Waals surface area contributed by atoms with Gasteiger partial charge in [0.05, 0.1) is 12.1 Å². The van der Waals surface area contributed by atoms with E-state index in [9.17, 15) is 14.7 Å². The molecule has 3 rings (SSSR count). The van der Waals surface area contributed by atoms with Crippen LogP contribution in [-0.4, -0.2) is 72.1 Å². The molecule has 1 fully saturated rings. The van der Waals surface area contributed by atoms with Crippen molar-refractivity contribution < 1.29 is 14.7 Å². The molecule has 1 unspecified atom stereocenters. The zero-order chi connectivity index (χ0) is 21.7. The van der Waals surface area contributed by atoms with Gasteiger partial charge in [-0.15, -0.1) is 0 Å². The number of allylic oxidation sites excluding steroid dienone is 2. The average Bonchev–Trinajstić information content (AvgIpc) is 2.73. The summed E-state index contributed by atoms with van der Waals surface area (Å²) in [7, 11) is 0. The summed E-state index contributed by atoms with van der Waals surface area (Å²) in [6, 6.07) is 8.15. The van der Waals surface area contributed by atoms with Gasteiger partial charge in [0.2, 0.25) is 5.91 Å². The van der Waals surface area contributed by atoms with Gasteiger partial charge in [-0.05, 0) is 18.4 Å². The van der Waals surface area contributed by atoms with E-state index in [0.717, 1.165) is 38.3 Å². The summed E-state index contributed by atoms with van der Waals surface area (Å²) in [6.07, 6.45) is 2.42. The molecule has 0 bridgehead atoms. The first-order chi connectivity index (χ1) is 14.3. The fraction of sp³-hybridized carbons (Fsp3) is 0.542. The van der Waals surface area contributed by atoms with Crippen molar-refractivity contribution in [3.8, 4) is 0 Å². The Bertz CT molecular complexity index is 819. The van der Waals surface area contributed by atoms with Gasteiger partial charge in [-0.3, -0.25) is 19.5 Å². The number of nitrogens with zero attached hydrogens (tertiary/aromatic N) is 3. The van der Waals surface area contributed by atoms with Crippen LogP contribution in [0.1, 0.15) is 43.7 Å². The third-order valence-electron chi connectivity index (χ3n) is 5.98. The molecular formula is C24H33N3O3. The summed E-state index contributed by atoms with van der Waals surface area (Å²) in [6.45, 7) is 10.5. The summed E-state index contributed by atoms with van der Waals surface area (Å²) < 4.78 is 0. The van der Waals surface area contributed by atoms with E-state index in [1.807, 2.05) is 49.9 Å². The van der Waals surface area contributed by atoms with Gasteiger partial charge in [0.15, 0.2) is 5.78 Å². The first-order valence-electron chi connectivity index (χ1n) is 10.9. The molecule has 0 spiro atoms. The standard InChI is InChI=1S/C24H33N3O3/c1-17(2)24(30)27-12-10-26(11-13-27)9-8-25-16-21-22(28)14-20(15-23(21)29)19-6-4-18(3)5-7-19/h4-7,16-17,20,28H,8-15H2,1-3H3. The number of ketones is 1. The zero-order valence-corrected chi connectivity index (χ0v) is 18.3. The largest absolute Gasteiger partial charge is 0.511 e. The van der Waals surface area contributed by atoms with Crippen molar-refractivity contribution in [2.24, 2.45) is 10.9 Å². The van der Waals surface area contributed by atoms with Crippen LogP contribution < -0.4 is 0 Å². The molecule has 0 saturated carbocycles. The van der Waals surface area contributed by atoms with Crippen molar-refractivity contribution in [1.29, 1.82) is 0 Å². The second-order valence-corrected chi connectivity index (χ2v) is 8.66. The Balaban J connectivity index is 1.48. The Morgan fingerprint density at radius 2 is 1.83 bits per heavy atom. The zero-order valence-electron chi connectivity index (χ0n) is 18.3. The highest BCUT2D eigenvalue weighted by atomic mass is 16.3. The fourth-order valence-electron chi connectivity index (χ4n) is 4.04. The Hall–Kier alpha value is -2.47. The minimum Gasteiger partial charge on any atom is -0.511 e. The molecule has 6 nitrogen and oxygen atoms in total. The number of amides is 1. The number of Topliss-reactive ketones (excluding diaryl/α,β-unsaturated/α-hetero) is 1. The smallest absolute Gasteiger partial charge is 0.225 e. The van der Waals surface area contributed by atoms with E-state index in [0.29, 0.717) is 25.0 Å². The van der Waals surface area contributed by atoms with Crippen LogP contribution >= 0.6 is 0 Å². The number of aryl methyl sites for hydroxylation is 1. The maximum absolute atomic E-state index is 12.5. The Kier molecular flexibility index (Phi) is 7.43. The number of aliphatic imine (C=N–C) groups is 1. The van der Waals surface area contributed by atoms with Gasteiger partial charge in [0.1, 0.15) is 5.76 Å². The number of rotatable bonds is 6. The molecule has 1 aromatic carbocycles. The summed E-state index contributed by atoms with van der Waals surface area (Å²) >= 11 is 0. The number of carbonyl (C=O) groups excluding carboxylic acids is 2. The normalized spacial score (nSPS) is 21.1. The van der Waals surface area contributed by atoms with Crippen molar-refractivity contribution in [2.45, 2.75) is 39.5 Å². The molecule has 0 radical (unpaired) electrons. The van der Waals surface area contributed by atoms with Crippen LogP contribution in [-0.2, 0) is 9.59 Å². The Labute approximate surface area is 179 Å². The Morgan fingerprint density at radius 1 is 1.17 bits per heavy atom. The van der Waals surface area contributed by atoms with Crippen molar-refractivity contribution in [1.82, 2.24) is 9.80 Å². The van der Waals surface area contributed by atoms with Crippen LogP contribution in [0.5, 0.6) is 0 Å². The van der Waals surface area contributed by atoms with E-state index in [1.54, 1.807) is 6.21 Å². The average molecular weight is 412 g/mol. The van der Waals surface area contributed by atoms with E-state index in [2.05, 4.69) is 9.89 Å². The number of hydrogen-bond donors (Lipinski definition) is 1. The lowest BCUT2D eigenvalue weighted by Gasteiger charge is -2.35. The highest BCUT2D eigenvalue weighted by Gasteiger charge is 2.28. The summed E-state index contributed by atoms with van der Waals surface area (Å²) in [4.78, 5) is 33.2. The van der Waals surface area contributed by atoms with E-state index >= 15 is 0 Å². The lowest BCUT2D eigenvalue weighted by molar-refractivity contribution is -0.136. The van der Waals surface area contributed by atoms with Crippen LogP contribution in [0, 0.1) is 12.8 Å². The molecule has 1 saturated heterocycles. The van der Waals surface area contributed by atoms with E-state index in [4.69, 9.17) is 0 Å². The van der Waals surface area contributed by atoms with Gasteiger partial charge < -0.3 is 10.0 Å². The van der Waals surface area contributed by atoms with Crippen LogP contribution in [0.2, 0.25) is 0 Å². The van der Waals surface area contributed by atoms with E-state index in [-0.39, 0.29) is 29.3 Å². The highest BCUT2D eigenvalue weighted by molar-refractivity contribution is 6.14. The maximum Gasteiger partial charge on any atom is 0.225 e. The first-order valence-corrected chi connectivity index (χ1v) is 10.9. The minimum atomic E-state index is -0.0473. The fourth-order valence-corrected chi connectivity index (χ4v) is 4.04. The predicted octanol–water partition coefficient (Wildman–Crippen LogP) is 3.12. The monoisotopic (exact) mass is 411 g/mol. The number of piperazine rings is 1. The number of aliphatic hydroxyl groups is 1. The third-order valence-corrected chi connectivity index (χ3v) is 5.98. The molecule has 162 valence electrons. The van der Waals surface area contributed by atoms with Gasteiger partial charge in [0.25, 0.3) is 0 Å². The van der Waals surface area contributed by atoms with E-state index in [1.165, 1.54) is 5.56 Å². The molecule has 1 heterocycles. The lowest BCUT2D eigenvalue weighted by atomic mass is 9.83. The minimum absolute atomic E-state index is 0.0279.